The summed E-state index contributed by atoms with van der Waals surface area (Å²) < 4.78 is 2.40. The number of rotatable bonds is 1. The van der Waals surface area contributed by atoms with Crippen LogP contribution in [0.15, 0.2) is 24.3 Å². The lowest BCUT2D eigenvalue weighted by atomic mass is 9.92. The molecule has 0 bridgehead atoms. The second-order valence-corrected chi connectivity index (χ2v) is 5.11. The normalized spacial score (nSPS) is 17.8. The molecule has 90 valence electrons. The first-order chi connectivity index (χ1) is 8.29. The first kappa shape index (κ1) is 10.8. The molecule has 1 aliphatic heterocycles. The lowest BCUT2D eigenvalue weighted by Crippen LogP contribution is -2.27. The fourth-order valence-electron chi connectivity index (χ4n) is 3.28. The van der Waals surface area contributed by atoms with Crippen LogP contribution in [-0.2, 0) is 7.05 Å². The summed E-state index contributed by atoms with van der Waals surface area (Å²) in [5.74, 6) is 0.730. The molecule has 1 N–H and O–H groups in total. The summed E-state index contributed by atoms with van der Waals surface area (Å²) in [6, 6.07) is 8.75. The molecule has 0 spiro atoms. The highest BCUT2D eigenvalue weighted by atomic mass is 15.0. The number of nitrogens with zero attached hydrogens (tertiary/aromatic N) is 1. The largest absolute Gasteiger partial charge is 0.347 e. The Labute approximate surface area is 103 Å². The van der Waals surface area contributed by atoms with Crippen LogP contribution in [-0.4, -0.2) is 17.7 Å². The Hall–Kier alpha value is -1.28. The van der Waals surface area contributed by atoms with Crippen LogP contribution in [0.4, 0.5) is 0 Å². The summed E-state index contributed by atoms with van der Waals surface area (Å²) in [6.45, 7) is 4.59. The van der Waals surface area contributed by atoms with E-state index in [0.29, 0.717) is 0 Å². The van der Waals surface area contributed by atoms with Crippen LogP contribution in [0.2, 0.25) is 0 Å². The smallest absolute Gasteiger partial charge is 0.0482 e. The molecule has 0 saturated carbocycles. The summed E-state index contributed by atoms with van der Waals surface area (Å²) in [5, 5.41) is 4.87. The van der Waals surface area contributed by atoms with Crippen molar-refractivity contribution in [1.29, 1.82) is 0 Å². The second-order valence-electron chi connectivity index (χ2n) is 5.11. The highest BCUT2D eigenvalue weighted by Gasteiger charge is 2.21. The minimum atomic E-state index is 0.730. The van der Waals surface area contributed by atoms with Crippen LogP contribution in [0.1, 0.15) is 30.0 Å². The Morgan fingerprint density at radius 3 is 2.59 bits per heavy atom. The van der Waals surface area contributed by atoms with E-state index in [1.54, 1.807) is 5.69 Å². The minimum absolute atomic E-state index is 0.730. The van der Waals surface area contributed by atoms with Gasteiger partial charge in [-0.05, 0) is 44.5 Å². The molecule has 2 heterocycles. The number of fused-ring (bicyclic) bond motifs is 1. The number of aryl methyl sites for hydroxylation is 2. The van der Waals surface area contributed by atoms with Gasteiger partial charge < -0.3 is 9.88 Å². The molecule has 0 unspecified atom stereocenters. The van der Waals surface area contributed by atoms with E-state index in [0.717, 1.165) is 19.0 Å². The molecular formula is C15H20N2. The second kappa shape index (κ2) is 4.19. The van der Waals surface area contributed by atoms with E-state index in [-0.39, 0.29) is 0 Å². The van der Waals surface area contributed by atoms with Crippen LogP contribution < -0.4 is 5.32 Å². The first-order valence-corrected chi connectivity index (χ1v) is 6.53. The summed E-state index contributed by atoms with van der Waals surface area (Å²) >= 11 is 0. The average molecular weight is 228 g/mol. The number of benzene rings is 1. The summed E-state index contributed by atoms with van der Waals surface area (Å²) in [6.07, 6.45) is 2.54. The molecule has 0 amide bonds. The zero-order valence-corrected chi connectivity index (χ0v) is 10.7. The molecule has 0 atom stereocenters. The van der Waals surface area contributed by atoms with E-state index < -0.39 is 0 Å². The Morgan fingerprint density at radius 2 is 1.88 bits per heavy atom. The van der Waals surface area contributed by atoms with Gasteiger partial charge in [-0.2, -0.15) is 0 Å². The highest BCUT2D eigenvalue weighted by molar-refractivity contribution is 5.85. The predicted octanol–water partition coefficient (Wildman–Crippen LogP) is 2.95. The van der Waals surface area contributed by atoms with Crippen LogP contribution >= 0.6 is 0 Å². The van der Waals surface area contributed by atoms with Crippen molar-refractivity contribution in [1.82, 2.24) is 9.88 Å². The Kier molecular flexibility index (Phi) is 2.67. The van der Waals surface area contributed by atoms with Gasteiger partial charge in [-0.3, -0.25) is 0 Å². The standard InChI is InChI=1S/C15H20N2/c1-11-13-5-3-4-6-14(13)17(2)15(11)12-7-9-16-10-8-12/h3-6,12,16H,7-10H2,1-2H3. The van der Waals surface area contributed by atoms with Crippen molar-refractivity contribution in [3.8, 4) is 0 Å². The maximum atomic E-state index is 3.45. The topological polar surface area (TPSA) is 17.0 Å². The molecule has 2 nitrogen and oxygen atoms in total. The van der Waals surface area contributed by atoms with Crippen molar-refractivity contribution in [2.24, 2.45) is 7.05 Å². The lowest BCUT2D eigenvalue weighted by Gasteiger charge is -2.24. The molecule has 2 aromatic rings. The van der Waals surface area contributed by atoms with Gasteiger partial charge in [0.2, 0.25) is 0 Å². The van der Waals surface area contributed by atoms with E-state index in [2.05, 4.69) is 48.1 Å². The van der Waals surface area contributed by atoms with Crippen LogP contribution in [0.5, 0.6) is 0 Å². The molecule has 1 saturated heterocycles. The van der Waals surface area contributed by atoms with E-state index >= 15 is 0 Å². The number of nitrogens with one attached hydrogen (secondary N) is 1. The molecule has 1 aromatic heterocycles. The Bertz CT molecular complexity index is 494. The number of hydrogen-bond acceptors (Lipinski definition) is 1. The quantitative estimate of drug-likeness (QED) is 0.794. The SMILES string of the molecule is Cc1c(C2CCNCC2)n(C)c2ccccc12. The molecule has 1 aliphatic rings. The van der Waals surface area contributed by atoms with Gasteiger partial charge in [-0.25, -0.2) is 0 Å². The van der Waals surface area contributed by atoms with Crippen LogP contribution in [0.3, 0.4) is 0 Å². The predicted molar refractivity (Wildman–Crippen MR) is 72.5 cm³/mol. The van der Waals surface area contributed by atoms with Gasteiger partial charge in [0.1, 0.15) is 0 Å². The van der Waals surface area contributed by atoms with Crippen molar-refractivity contribution in [2.45, 2.75) is 25.7 Å². The summed E-state index contributed by atoms with van der Waals surface area (Å²) in [5.41, 5.74) is 4.40. The van der Waals surface area contributed by atoms with Crippen molar-refractivity contribution in [3.05, 3.63) is 35.5 Å². The maximum Gasteiger partial charge on any atom is 0.0482 e. The molecule has 17 heavy (non-hydrogen) atoms. The number of aromatic nitrogens is 1. The molecule has 1 fully saturated rings. The fourth-order valence-corrected chi connectivity index (χ4v) is 3.28. The first-order valence-electron chi connectivity index (χ1n) is 6.53. The Balaban J connectivity index is 2.15. The van der Waals surface area contributed by atoms with E-state index in [1.165, 1.54) is 29.3 Å². The lowest BCUT2D eigenvalue weighted by molar-refractivity contribution is 0.445. The van der Waals surface area contributed by atoms with Crippen LogP contribution in [0.25, 0.3) is 10.9 Å². The van der Waals surface area contributed by atoms with Gasteiger partial charge in [0.15, 0.2) is 0 Å². The maximum absolute atomic E-state index is 3.45. The molecule has 2 heteroatoms. The summed E-state index contributed by atoms with van der Waals surface area (Å²) in [7, 11) is 2.21. The Morgan fingerprint density at radius 1 is 1.18 bits per heavy atom. The zero-order valence-electron chi connectivity index (χ0n) is 10.7. The van der Waals surface area contributed by atoms with E-state index in [9.17, 15) is 0 Å². The third-order valence-electron chi connectivity index (χ3n) is 4.14. The van der Waals surface area contributed by atoms with E-state index in [4.69, 9.17) is 0 Å². The molecule has 0 aliphatic carbocycles. The van der Waals surface area contributed by atoms with Crippen LogP contribution in [0, 0.1) is 6.92 Å². The van der Waals surface area contributed by atoms with Crippen molar-refractivity contribution < 1.29 is 0 Å². The number of para-hydroxylation sites is 1. The van der Waals surface area contributed by atoms with Crippen molar-refractivity contribution in [2.75, 3.05) is 13.1 Å². The van der Waals surface area contributed by atoms with Crippen molar-refractivity contribution >= 4 is 10.9 Å². The molecule has 3 rings (SSSR count). The molecular weight excluding hydrogens is 208 g/mol. The summed E-state index contributed by atoms with van der Waals surface area (Å²) in [4.78, 5) is 0. The van der Waals surface area contributed by atoms with Gasteiger partial charge in [-0.1, -0.05) is 18.2 Å². The highest BCUT2D eigenvalue weighted by Crippen LogP contribution is 2.33. The monoisotopic (exact) mass is 228 g/mol. The van der Waals surface area contributed by atoms with Gasteiger partial charge in [0.25, 0.3) is 0 Å². The van der Waals surface area contributed by atoms with E-state index in [1.807, 2.05) is 0 Å². The fraction of sp³-hybridized carbons (Fsp3) is 0.467. The minimum Gasteiger partial charge on any atom is -0.347 e. The van der Waals surface area contributed by atoms with Gasteiger partial charge >= 0.3 is 0 Å². The van der Waals surface area contributed by atoms with Gasteiger partial charge in [0, 0.05) is 29.6 Å². The van der Waals surface area contributed by atoms with Gasteiger partial charge in [0.05, 0.1) is 0 Å². The average Bonchev–Trinajstić information content (AvgIpc) is 2.64. The zero-order chi connectivity index (χ0) is 11.8. The molecule has 1 aromatic carbocycles. The molecule has 0 radical (unpaired) electrons. The third-order valence-corrected chi connectivity index (χ3v) is 4.14. The number of hydrogen-bond donors (Lipinski definition) is 1. The van der Waals surface area contributed by atoms with Gasteiger partial charge in [-0.15, -0.1) is 0 Å². The third kappa shape index (κ3) is 1.67. The number of piperidine rings is 1. The van der Waals surface area contributed by atoms with Crippen molar-refractivity contribution in [3.63, 3.8) is 0 Å².